The van der Waals surface area contributed by atoms with Crippen LogP contribution >= 0.6 is 23.2 Å². The summed E-state index contributed by atoms with van der Waals surface area (Å²) >= 11 is 12.3. The van der Waals surface area contributed by atoms with E-state index in [4.69, 9.17) is 32.7 Å². The van der Waals surface area contributed by atoms with Crippen molar-refractivity contribution in [2.75, 3.05) is 7.11 Å². The Hall–Kier alpha value is -2.48. The maximum Gasteiger partial charge on any atom is 0.178 e. The van der Waals surface area contributed by atoms with Crippen molar-refractivity contribution >= 4 is 35.1 Å². The summed E-state index contributed by atoms with van der Waals surface area (Å²) in [5.41, 5.74) is 0.794. The van der Waals surface area contributed by atoms with Gasteiger partial charge in [-0.15, -0.1) is 0 Å². The Balaban J connectivity index is 2.28. The van der Waals surface area contributed by atoms with E-state index in [-0.39, 0.29) is 18.0 Å². The molecule has 0 aromatic heterocycles. The molecule has 0 atom stereocenters. The maximum absolute atomic E-state index is 12.4. The van der Waals surface area contributed by atoms with Crippen LogP contribution in [0.15, 0.2) is 42.0 Å². The molecule has 0 saturated heterocycles. The first kappa shape index (κ1) is 21.8. The Morgan fingerprint density at radius 2 is 1.79 bits per heavy atom. The number of halogens is 2. The van der Waals surface area contributed by atoms with Crippen molar-refractivity contribution in [3.63, 3.8) is 0 Å². The normalized spacial score (nSPS) is 11.7. The molecule has 0 heterocycles. The topological polar surface area (TPSA) is 59.3 Å². The molecule has 2 aromatic rings. The largest absolute Gasteiger partial charge is 0.493 e. The Bertz CT molecular complexity index is 933. The molecule has 0 N–H and O–H groups in total. The van der Waals surface area contributed by atoms with E-state index < -0.39 is 5.41 Å². The lowest BCUT2D eigenvalue weighted by molar-refractivity contribution is -0.121. The SMILES string of the molecule is COc1cc(/C=C(\C#N)C(=O)C(C)(C)C)ccc1OCc1c(Cl)cccc1Cl. The Kier molecular flexibility index (Phi) is 7.12. The van der Waals surface area contributed by atoms with Gasteiger partial charge in [-0.05, 0) is 35.9 Å². The summed E-state index contributed by atoms with van der Waals surface area (Å²) in [6.07, 6.45) is 1.55. The van der Waals surface area contributed by atoms with Crippen LogP contribution in [-0.4, -0.2) is 12.9 Å². The molecule has 0 bridgehead atoms. The summed E-state index contributed by atoms with van der Waals surface area (Å²) in [6, 6.07) is 12.4. The number of hydrogen-bond acceptors (Lipinski definition) is 4. The molecule has 2 rings (SSSR count). The van der Waals surface area contributed by atoms with Crippen molar-refractivity contribution < 1.29 is 14.3 Å². The van der Waals surface area contributed by atoms with Crippen molar-refractivity contribution in [2.45, 2.75) is 27.4 Å². The third-order valence-corrected chi connectivity index (χ3v) is 4.69. The minimum atomic E-state index is -0.636. The van der Waals surface area contributed by atoms with Crippen molar-refractivity contribution in [3.05, 3.63) is 63.1 Å². The van der Waals surface area contributed by atoms with Gasteiger partial charge in [0.05, 0.1) is 12.7 Å². The number of carbonyl (C=O) groups excluding carboxylic acids is 1. The zero-order valence-corrected chi connectivity index (χ0v) is 17.7. The van der Waals surface area contributed by atoms with Crippen LogP contribution in [0.5, 0.6) is 11.5 Å². The minimum absolute atomic E-state index is 0.0890. The van der Waals surface area contributed by atoms with Crippen LogP contribution in [0.1, 0.15) is 31.9 Å². The lowest BCUT2D eigenvalue weighted by Gasteiger charge is -2.16. The molecule has 28 heavy (non-hydrogen) atoms. The number of hydrogen-bond donors (Lipinski definition) is 0. The van der Waals surface area contributed by atoms with Crippen LogP contribution in [0.4, 0.5) is 0 Å². The van der Waals surface area contributed by atoms with E-state index in [1.165, 1.54) is 7.11 Å². The van der Waals surface area contributed by atoms with E-state index in [9.17, 15) is 10.1 Å². The van der Waals surface area contributed by atoms with Gasteiger partial charge >= 0.3 is 0 Å². The quantitative estimate of drug-likeness (QED) is 0.420. The average molecular weight is 418 g/mol. The standard InChI is InChI=1S/C22H21Cl2NO3/c1-22(2,3)21(26)15(12-25)10-14-8-9-19(20(11-14)27-4)28-13-16-17(23)6-5-7-18(16)24/h5-11H,13H2,1-4H3/b15-10+. The Morgan fingerprint density at radius 3 is 2.32 bits per heavy atom. The summed E-state index contributed by atoms with van der Waals surface area (Å²) in [5.74, 6) is 0.747. The molecular weight excluding hydrogens is 397 g/mol. The first-order chi connectivity index (χ1) is 13.2. The summed E-state index contributed by atoms with van der Waals surface area (Å²) in [4.78, 5) is 12.4. The molecule has 146 valence electrons. The molecule has 0 aliphatic heterocycles. The molecule has 0 spiro atoms. The minimum Gasteiger partial charge on any atom is -0.493 e. The first-order valence-corrected chi connectivity index (χ1v) is 9.33. The lowest BCUT2D eigenvalue weighted by Crippen LogP contribution is -2.21. The van der Waals surface area contributed by atoms with Crippen LogP contribution in [0, 0.1) is 16.7 Å². The first-order valence-electron chi connectivity index (χ1n) is 8.57. The number of carbonyl (C=O) groups is 1. The average Bonchev–Trinajstić information content (AvgIpc) is 2.65. The zero-order valence-electron chi connectivity index (χ0n) is 16.2. The highest BCUT2D eigenvalue weighted by Crippen LogP contribution is 2.32. The van der Waals surface area contributed by atoms with Gasteiger partial charge in [-0.3, -0.25) is 4.79 Å². The fourth-order valence-electron chi connectivity index (χ4n) is 2.43. The molecule has 4 nitrogen and oxygen atoms in total. The number of allylic oxidation sites excluding steroid dienone is 1. The number of ether oxygens (including phenoxy) is 2. The number of methoxy groups -OCH3 is 1. The second-order valence-electron chi connectivity index (χ2n) is 7.15. The smallest absolute Gasteiger partial charge is 0.178 e. The molecule has 0 amide bonds. The summed E-state index contributed by atoms with van der Waals surface area (Å²) < 4.78 is 11.2. The number of rotatable bonds is 6. The monoisotopic (exact) mass is 417 g/mol. The van der Waals surface area contributed by atoms with Gasteiger partial charge in [-0.25, -0.2) is 0 Å². The van der Waals surface area contributed by atoms with Crippen LogP contribution in [0.25, 0.3) is 6.08 Å². The fraction of sp³-hybridized carbons (Fsp3) is 0.273. The molecule has 0 saturated carbocycles. The Labute approximate surface area is 175 Å². The van der Waals surface area contributed by atoms with Crippen LogP contribution in [-0.2, 0) is 11.4 Å². The van der Waals surface area contributed by atoms with E-state index in [1.807, 2.05) is 6.07 Å². The molecule has 0 aliphatic carbocycles. The second-order valence-corrected chi connectivity index (χ2v) is 7.96. The molecular formula is C22H21Cl2NO3. The van der Waals surface area contributed by atoms with Gasteiger partial charge in [0.2, 0.25) is 0 Å². The molecule has 0 unspecified atom stereocenters. The maximum atomic E-state index is 12.4. The Morgan fingerprint density at radius 1 is 1.14 bits per heavy atom. The van der Waals surface area contributed by atoms with Gasteiger partial charge in [0, 0.05) is 21.0 Å². The highest BCUT2D eigenvalue weighted by atomic mass is 35.5. The van der Waals surface area contributed by atoms with E-state index in [0.717, 1.165) is 0 Å². The number of nitriles is 1. The molecule has 6 heteroatoms. The van der Waals surface area contributed by atoms with E-state index in [2.05, 4.69) is 0 Å². The fourth-order valence-corrected chi connectivity index (χ4v) is 2.94. The predicted molar refractivity (Wildman–Crippen MR) is 112 cm³/mol. The van der Waals surface area contributed by atoms with Crippen LogP contribution < -0.4 is 9.47 Å². The zero-order chi connectivity index (χ0) is 20.9. The highest BCUT2D eigenvalue weighted by molar-refractivity contribution is 6.35. The predicted octanol–water partition coefficient (Wildman–Crippen LogP) is 6.10. The van der Waals surface area contributed by atoms with E-state index >= 15 is 0 Å². The molecule has 2 aromatic carbocycles. The number of nitrogens with zero attached hydrogens (tertiary/aromatic N) is 1. The summed E-state index contributed by atoms with van der Waals surface area (Å²) in [7, 11) is 1.52. The van der Waals surface area contributed by atoms with Crippen LogP contribution in [0.2, 0.25) is 10.0 Å². The van der Waals surface area contributed by atoms with Crippen LogP contribution in [0.3, 0.4) is 0 Å². The second kappa shape index (κ2) is 9.14. The van der Waals surface area contributed by atoms with Crippen molar-refractivity contribution in [1.29, 1.82) is 5.26 Å². The van der Waals surface area contributed by atoms with Gasteiger partial charge in [0.1, 0.15) is 12.7 Å². The van der Waals surface area contributed by atoms with Crippen molar-refractivity contribution in [2.24, 2.45) is 5.41 Å². The van der Waals surface area contributed by atoms with Gasteiger partial charge in [-0.2, -0.15) is 5.26 Å². The number of benzene rings is 2. The van der Waals surface area contributed by atoms with Gasteiger partial charge < -0.3 is 9.47 Å². The van der Waals surface area contributed by atoms with Gasteiger partial charge in [0.25, 0.3) is 0 Å². The summed E-state index contributed by atoms with van der Waals surface area (Å²) in [5, 5.41) is 10.4. The van der Waals surface area contributed by atoms with Crippen molar-refractivity contribution in [3.8, 4) is 17.6 Å². The lowest BCUT2D eigenvalue weighted by atomic mass is 9.86. The molecule has 0 aliphatic rings. The van der Waals surface area contributed by atoms with Gasteiger partial charge in [-0.1, -0.05) is 56.1 Å². The van der Waals surface area contributed by atoms with E-state index in [0.29, 0.717) is 32.7 Å². The van der Waals surface area contributed by atoms with Crippen molar-refractivity contribution in [1.82, 2.24) is 0 Å². The third kappa shape index (κ3) is 5.28. The van der Waals surface area contributed by atoms with E-state index in [1.54, 1.807) is 63.2 Å². The summed E-state index contributed by atoms with van der Waals surface area (Å²) in [6.45, 7) is 5.50. The van der Waals surface area contributed by atoms with Gasteiger partial charge in [0.15, 0.2) is 17.3 Å². The molecule has 0 fully saturated rings. The third-order valence-electron chi connectivity index (χ3n) is 3.98. The number of ketones is 1. The highest BCUT2D eigenvalue weighted by Gasteiger charge is 2.25. The number of Topliss-reactive ketones (excluding diaryl/α,β-unsaturated/α-hetero) is 1. The molecule has 0 radical (unpaired) electrons.